The summed E-state index contributed by atoms with van der Waals surface area (Å²) in [7, 11) is 0. The molecule has 2 N–H and O–H groups in total. The lowest BCUT2D eigenvalue weighted by atomic mass is 10.0. The molecule has 0 spiro atoms. The van der Waals surface area contributed by atoms with Crippen LogP contribution in [-0.4, -0.2) is 10.5 Å². The van der Waals surface area contributed by atoms with Crippen LogP contribution in [0.2, 0.25) is 0 Å². The van der Waals surface area contributed by atoms with E-state index in [1.54, 1.807) is 30.5 Å². The van der Waals surface area contributed by atoms with Crippen LogP contribution >= 0.6 is 0 Å². The van der Waals surface area contributed by atoms with E-state index in [4.69, 9.17) is 10.2 Å². The molecule has 1 amide bonds. The summed E-state index contributed by atoms with van der Waals surface area (Å²) in [5.74, 6) is -0.0175. The highest BCUT2D eigenvalue weighted by molar-refractivity contribution is 6.18. The molecule has 0 saturated carbocycles. The number of nitrogens with zero attached hydrogens (tertiary/aromatic N) is 1. The predicted octanol–water partition coefficient (Wildman–Crippen LogP) is 5.34. The van der Waals surface area contributed by atoms with Crippen LogP contribution in [0.5, 0.6) is 0 Å². The van der Waals surface area contributed by atoms with E-state index in [2.05, 4.69) is 0 Å². The Morgan fingerprint density at radius 3 is 2.59 bits per heavy atom. The van der Waals surface area contributed by atoms with E-state index in [0.717, 1.165) is 33.1 Å². The number of carbonyl (C=O) groups excluding carboxylic acids is 1. The molecule has 5 rings (SSSR count). The number of amides is 1. The Morgan fingerprint density at radius 1 is 0.966 bits per heavy atom. The molecule has 0 fully saturated rings. The van der Waals surface area contributed by atoms with Crippen molar-refractivity contribution in [1.29, 1.82) is 0 Å². The Balaban J connectivity index is 1.84. The molecule has 0 bridgehead atoms. The minimum atomic E-state index is -0.490. The third-order valence-electron chi connectivity index (χ3n) is 5.25. The lowest BCUT2D eigenvalue weighted by Crippen LogP contribution is -2.11. The van der Waals surface area contributed by atoms with Crippen molar-refractivity contribution >= 4 is 27.7 Å². The number of benzene rings is 3. The van der Waals surface area contributed by atoms with Gasteiger partial charge in [-0.1, -0.05) is 36.4 Å². The van der Waals surface area contributed by atoms with Gasteiger partial charge in [0, 0.05) is 27.5 Å². The molecule has 0 aliphatic carbocycles. The summed E-state index contributed by atoms with van der Waals surface area (Å²) in [6, 6.07) is 21.8. The van der Waals surface area contributed by atoms with Gasteiger partial charge in [0.2, 0.25) is 5.91 Å². The number of aromatic nitrogens is 1. The molecule has 0 unspecified atom stereocenters. The summed E-state index contributed by atoms with van der Waals surface area (Å²) in [5, 5.41) is 1.67. The van der Waals surface area contributed by atoms with Gasteiger partial charge in [-0.2, -0.15) is 0 Å². The number of carbonyl (C=O) groups is 1. The summed E-state index contributed by atoms with van der Waals surface area (Å²) < 4.78 is 21.9. The van der Waals surface area contributed by atoms with Crippen LogP contribution in [0.15, 0.2) is 83.5 Å². The normalized spacial score (nSPS) is 11.3. The molecule has 0 saturated heterocycles. The number of hydrogen-bond acceptors (Lipinski definition) is 2. The van der Waals surface area contributed by atoms with Crippen LogP contribution in [0.3, 0.4) is 0 Å². The van der Waals surface area contributed by atoms with Gasteiger partial charge in [0.05, 0.1) is 23.8 Å². The first kappa shape index (κ1) is 17.3. The quantitative estimate of drug-likeness (QED) is 0.455. The first-order chi connectivity index (χ1) is 14.1. The molecule has 5 heteroatoms. The number of hydrogen-bond donors (Lipinski definition) is 1. The van der Waals surface area contributed by atoms with Gasteiger partial charge in [-0.25, -0.2) is 4.39 Å². The lowest BCUT2D eigenvalue weighted by Gasteiger charge is -2.09. The van der Waals surface area contributed by atoms with E-state index in [0.29, 0.717) is 17.7 Å². The molecule has 3 aromatic carbocycles. The van der Waals surface area contributed by atoms with Crippen molar-refractivity contribution < 1.29 is 13.6 Å². The number of fused-ring (bicyclic) bond motifs is 3. The Kier molecular flexibility index (Phi) is 3.95. The molecular weight excluding hydrogens is 367 g/mol. The van der Waals surface area contributed by atoms with E-state index < -0.39 is 5.91 Å². The van der Waals surface area contributed by atoms with E-state index >= 15 is 0 Å². The van der Waals surface area contributed by atoms with Gasteiger partial charge < -0.3 is 14.7 Å². The molecule has 5 aromatic rings. The number of rotatable bonds is 4. The fourth-order valence-corrected chi connectivity index (χ4v) is 3.91. The molecule has 0 aliphatic heterocycles. The largest absolute Gasteiger partial charge is 0.464 e. The minimum Gasteiger partial charge on any atom is -0.464 e. The number of nitrogens with two attached hydrogens (primary N) is 1. The Hall–Kier alpha value is -3.86. The van der Waals surface area contributed by atoms with Gasteiger partial charge in [-0.15, -0.1) is 0 Å². The van der Waals surface area contributed by atoms with Crippen molar-refractivity contribution in [2.24, 2.45) is 5.73 Å². The zero-order valence-electron chi connectivity index (χ0n) is 15.4. The first-order valence-corrected chi connectivity index (χ1v) is 9.25. The molecule has 2 heterocycles. The third-order valence-corrected chi connectivity index (χ3v) is 5.25. The Labute approximate surface area is 166 Å². The highest BCUT2D eigenvalue weighted by Crippen LogP contribution is 2.35. The highest BCUT2D eigenvalue weighted by Gasteiger charge is 2.18. The monoisotopic (exact) mass is 384 g/mol. The smallest absolute Gasteiger partial charge is 0.249 e. The summed E-state index contributed by atoms with van der Waals surface area (Å²) in [4.78, 5) is 12.1. The zero-order chi connectivity index (χ0) is 20.0. The van der Waals surface area contributed by atoms with E-state index in [1.807, 2.05) is 47.0 Å². The molecule has 0 aliphatic rings. The summed E-state index contributed by atoms with van der Waals surface area (Å²) >= 11 is 0. The maximum Gasteiger partial charge on any atom is 0.249 e. The van der Waals surface area contributed by atoms with Crippen LogP contribution in [0.4, 0.5) is 4.39 Å². The van der Waals surface area contributed by atoms with Crippen molar-refractivity contribution in [1.82, 2.24) is 4.57 Å². The molecule has 142 valence electrons. The fraction of sp³-hybridized carbons (Fsp3) is 0.0417. The third kappa shape index (κ3) is 2.79. The first-order valence-electron chi connectivity index (χ1n) is 9.25. The zero-order valence-corrected chi connectivity index (χ0v) is 15.4. The molecule has 0 radical (unpaired) electrons. The molecule has 2 aromatic heterocycles. The SMILES string of the molecule is NC(=O)c1cccc2c1c1ccc(-c3ccco3)cc1n2Cc1ccccc1F. The second kappa shape index (κ2) is 6.63. The predicted molar refractivity (Wildman–Crippen MR) is 111 cm³/mol. The second-order valence-corrected chi connectivity index (χ2v) is 6.95. The van der Waals surface area contributed by atoms with Crippen LogP contribution in [-0.2, 0) is 6.54 Å². The van der Waals surface area contributed by atoms with Crippen LogP contribution < -0.4 is 5.73 Å². The molecule has 0 atom stereocenters. The van der Waals surface area contributed by atoms with E-state index in [1.165, 1.54) is 6.07 Å². The maximum atomic E-state index is 14.4. The van der Waals surface area contributed by atoms with Crippen molar-refractivity contribution in [2.75, 3.05) is 0 Å². The van der Waals surface area contributed by atoms with Crippen molar-refractivity contribution in [3.8, 4) is 11.3 Å². The van der Waals surface area contributed by atoms with Crippen molar-refractivity contribution in [3.63, 3.8) is 0 Å². The Morgan fingerprint density at radius 2 is 1.83 bits per heavy atom. The van der Waals surface area contributed by atoms with Gasteiger partial charge >= 0.3 is 0 Å². The Bertz CT molecular complexity index is 1370. The van der Waals surface area contributed by atoms with Gasteiger partial charge in [-0.05, 0) is 36.4 Å². The molecule has 29 heavy (non-hydrogen) atoms. The average Bonchev–Trinajstić information content (AvgIpc) is 3.36. The van der Waals surface area contributed by atoms with Gasteiger partial charge in [0.25, 0.3) is 0 Å². The van der Waals surface area contributed by atoms with Crippen LogP contribution in [0.25, 0.3) is 33.1 Å². The summed E-state index contributed by atoms with van der Waals surface area (Å²) in [6.07, 6.45) is 1.62. The van der Waals surface area contributed by atoms with Crippen molar-refractivity contribution in [3.05, 3.63) is 96.0 Å². The highest BCUT2D eigenvalue weighted by atomic mass is 19.1. The van der Waals surface area contributed by atoms with E-state index in [9.17, 15) is 9.18 Å². The van der Waals surface area contributed by atoms with Crippen molar-refractivity contribution in [2.45, 2.75) is 6.54 Å². The lowest BCUT2D eigenvalue weighted by molar-refractivity contribution is 0.100. The maximum absolute atomic E-state index is 14.4. The standard InChI is InChI=1S/C24H17FN2O2/c25-19-7-2-1-5-16(19)14-27-20-8-3-6-18(24(26)28)23(20)17-11-10-15(13-21(17)27)22-9-4-12-29-22/h1-13H,14H2,(H2,26,28). The minimum absolute atomic E-state index is 0.268. The summed E-state index contributed by atoms with van der Waals surface area (Å²) in [5.41, 5.74) is 9.27. The van der Waals surface area contributed by atoms with E-state index in [-0.39, 0.29) is 5.82 Å². The van der Waals surface area contributed by atoms with Gasteiger partial charge in [-0.3, -0.25) is 4.79 Å². The molecular formula is C24H17FN2O2. The van der Waals surface area contributed by atoms with Gasteiger partial charge in [0.1, 0.15) is 11.6 Å². The number of halogens is 1. The topological polar surface area (TPSA) is 61.2 Å². The fourth-order valence-electron chi connectivity index (χ4n) is 3.91. The van der Waals surface area contributed by atoms with Crippen LogP contribution in [0, 0.1) is 5.82 Å². The second-order valence-electron chi connectivity index (χ2n) is 6.95. The number of furan rings is 1. The average molecular weight is 384 g/mol. The summed E-state index contributed by atoms with van der Waals surface area (Å²) in [6.45, 7) is 0.330. The van der Waals surface area contributed by atoms with Crippen LogP contribution in [0.1, 0.15) is 15.9 Å². The number of primary amides is 1. The van der Waals surface area contributed by atoms with Gasteiger partial charge in [0.15, 0.2) is 0 Å². The molecule has 4 nitrogen and oxygen atoms in total.